The largest absolute Gasteiger partial charge is 0.293 e. The first-order chi connectivity index (χ1) is 11.0. The van der Waals surface area contributed by atoms with Gasteiger partial charge in [-0.05, 0) is 16.9 Å². The second-order valence-corrected chi connectivity index (χ2v) is 8.82. The Labute approximate surface area is 147 Å². The lowest BCUT2D eigenvalue weighted by Crippen LogP contribution is -2.43. The Kier molecular flexibility index (Phi) is 4.70. The lowest BCUT2D eigenvalue weighted by Gasteiger charge is -2.26. The van der Waals surface area contributed by atoms with Crippen molar-refractivity contribution in [3.8, 4) is 6.07 Å². The number of nitrogens with zero attached hydrogens (tertiary/aromatic N) is 4. The molecule has 0 amide bonds. The smallest absolute Gasteiger partial charge is 0.160 e. The normalized spacial score (nSPS) is 20.6. The molecule has 0 saturated carbocycles. The van der Waals surface area contributed by atoms with Crippen LogP contribution in [0.5, 0.6) is 0 Å². The topological polar surface area (TPSA) is 100 Å². The maximum absolute atomic E-state index is 9.48. The first-order valence-electron chi connectivity index (χ1n) is 7.79. The van der Waals surface area contributed by atoms with Crippen LogP contribution in [0, 0.1) is 22.2 Å². The Morgan fingerprint density at radius 1 is 1.33 bits per heavy atom. The maximum Gasteiger partial charge on any atom is 0.160 e. The molecule has 1 saturated heterocycles. The summed E-state index contributed by atoms with van der Waals surface area (Å²) < 4.78 is 4.41. The van der Waals surface area contributed by atoms with Gasteiger partial charge < -0.3 is 0 Å². The number of hydrogen-bond acceptors (Lipinski definition) is 7. The van der Waals surface area contributed by atoms with Gasteiger partial charge in [-0.1, -0.05) is 41.5 Å². The van der Waals surface area contributed by atoms with E-state index in [0.29, 0.717) is 22.1 Å². The van der Waals surface area contributed by atoms with E-state index in [1.165, 1.54) is 11.5 Å². The number of nitriles is 1. The summed E-state index contributed by atoms with van der Waals surface area (Å²) in [5, 5.41) is 24.4. The van der Waals surface area contributed by atoms with Crippen LogP contribution in [0.25, 0.3) is 0 Å². The molecular formula is C16H25N7S. The van der Waals surface area contributed by atoms with Crippen molar-refractivity contribution < 1.29 is 0 Å². The molecule has 0 radical (unpaired) electrons. The van der Waals surface area contributed by atoms with E-state index in [4.69, 9.17) is 5.41 Å². The first kappa shape index (κ1) is 18.4. The van der Waals surface area contributed by atoms with Crippen molar-refractivity contribution in [2.45, 2.75) is 53.0 Å². The number of hydrazine groups is 1. The van der Waals surface area contributed by atoms with Crippen LogP contribution in [0.1, 0.15) is 52.8 Å². The Hall–Kier alpha value is -1.98. The molecule has 24 heavy (non-hydrogen) atoms. The fraction of sp³-hybridized carbons (Fsp3) is 0.625. The molecule has 2 heterocycles. The molecule has 3 N–H and O–H groups in total. The third kappa shape index (κ3) is 3.42. The summed E-state index contributed by atoms with van der Waals surface area (Å²) in [4.78, 5) is 0. The van der Waals surface area contributed by atoms with E-state index in [1.54, 1.807) is 12.1 Å². The van der Waals surface area contributed by atoms with E-state index >= 15 is 0 Å². The number of rotatable bonds is 2. The summed E-state index contributed by atoms with van der Waals surface area (Å²) in [5.41, 5.74) is 7.83. The van der Waals surface area contributed by atoms with Crippen LogP contribution in [-0.2, 0) is 5.41 Å². The van der Waals surface area contributed by atoms with Gasteiger partial charge in [-0.25, -0.2) is 5.43 Å². The lowest BCUT2D eigenvalue weighted by atomic mass is 9.85. The maximum atomic E-state index is 9.48. The average molecular weight is 347 g/mol. The van der Waals surface area contributed by atoms with Crippen LogP contribution in [-0.4, -0.2) is 34.0 Å². The molecule has 8 heteroatoms. The van der Waals surface area contributed by atoms with Gasteiger partial charge in [-0.3, -0.25) is 15.8 Å². The molecule has 0 spiro atoms. The highest BCUT2D eigenvalue weighted by Gasteiger charge is 2.39. The van der Waals surface area contributed by atoms with E-state index in [1.807, 2.05) is 20.8 Å². The predicted molar refractivity (Wildman–Crippen MR) is 98.5 cm³/mol. The Balaban J connectivity index is 2.35. The van der Waals surface area contributed by atoms with Gasteiger partial charge in [0, 0.05) is 12.5 Å². The number of nitrogens with one attached hydrogen (secondary N) is 3. The highest BCUT2D eigenvalue weighted by Crippen LogP contribution is 2.33. The molecule has 1 aromatic rings. The summed E-state index contributed by atoms with van der Waals surface area (Å²) in [6, 6.07) is 2.14. The Bertz CT molecular complexity index is 712. The summed E-state index contributed by atoms with van der Waals surface area (Å²) in [6.07, 6.45) is 0. The van der Waals surface area contributed by atoms with Crippen molar-refractivity contribution in [1.29, 1.82) is 10.7 Å². The first-order valence-corrected chi connectivity index (χ1v) is 8.56. The monoisotopic (exact) mass is 347 g/mol. The fourth-order valence-electron chi connectivity index (χ4n) is 2.44. The van der Waals surface area contributed by atoms with Crippen LogP contribution in [0.2, 0.25) is 0 Å². The minimum atomic E-state index is -0.204. The summed E-state index contributed by atoms with van der Waals surface area (Å²) in [6.45, 7) is 12.4. The number of aromatic nitrogens is 1. The third-order valence-corrected chi connectivity index (χ3v) is 4.58. The quantitative estimate of drug-likeness (QED) is 0.714. The van der Waals surface area contributed by atoms with Crippen molar-refractivity contribution in [3.05, 3.63) is 11.3 Å². The second kappa shape index (κ2) is 6.15. The van der Waals surface area contributed by atoms with Gasteiger partial charge in [0.15, 0.2) is 5.84 Å². The van der Waals surface area contributed by atoms with Crippen LogP contribution in [0.3, 0.4) is 0 Å². The molecule has 1 aromatic heterocycles. The molecule has 0 bridgehead atoms. The highest BCUT2D eigenvalue weighted by atomic mass is 32.1. The van der Waals surface area contributed by atoms with Crippen molar-refractivity contribution in [2.75, 3.05) is 12.5 Å². The van der Waals surface area contributed by atoms with Gasteiger partial charge in [0.2, 0.25) is 0 Å². The number of hydrazone groups is 1. The molecule has 1 aliphatic heterocycles. The van der Waals surface area contributed by atoms with Gasteiger partial charge in [-0.2, -0.15) is 14.7 Å². The van der Waals surface area contributed by atoms with Gasteiger partial charge in [0.25, 0.3) is 0 Å². The molecular weight excluding hydrogens is 322 g/mol. The zero-order chi connectivity index (χ0) is 18.3. The van der Waals surface area contributed by atoms with Gasteiger partial charge in [0.1, 0.15) is 22.3 Å². The zero-order valence-electron chi connectivity index (χ0n) is 15.3. The zero-order valence-corrected chi connectivity index (χ0v) is 16.1. The van der Waals surface area contributed by atoms with E-state index < -0.39 is 0 Å². The fourth-order valence-corrected chi connectivity index (χ4v) is 3.31. The summed E-state index contributed by atoms with van der Waals surface area (Å²) in [5.74, 6) is 0.321. The highest BCUT2D eigenvalue weighted by molar-refractivity contribution is 7.10. The standard InChI is InChI=1S/C16H25N7S/c1-15(2,3)11-9(8-17)14(24-22-11)20-19-10-12(16(4,5)6)21-23(7)13(10)18/h12,18,20-21H,1-7H3. The van der Waals surface area contributed by atoms with Crippen LogP contribution in [0.4, 0.5) is 5.00 Å². The van der Waals surface area contributed by atoms with Crippen LogP contribution in [0.15, 0.2) is 5.10 Å². The van der Waals surface area contributed by atoms with Crippen LogP contribution < -0.4 is 10.9 Å². The van der Waals surface area contributed by atoms with E-state index in [2.05, 4.69) is 47.2 Å². The molecule has 1 aliphatic rings. The molecule has 0 aliphatic carbocycles. The molecule has 130 valence electrons. The minimum absolute atomic E-state index is 0.0805. The molecule has 1 fully saturated rings. The Morgan fingerprint density at radius 2 is 1.96 bits per heavy atom. The van der Waals surface area contributed by atoms with Crippen molar-refractivity contribution in [3.63, 3.8) is 0 Å². The molecule has 1 unspecified atom stereocenters. The van der Waals surface area contributed by atoms with Gasteiger partial charge in [0.05, 0.1) is 11.7 Å². The van der Waals surface area contributed by atoms with Crippen LogP contribution >= 0.6 is 11.5 Å². The van der Waals surface area contributed by atoms with E-state index in [-0.39, 0.29) is 16.9 Å². The molecule has 0 aromatic carbocycles. The lowest BCUT2D eigenvalue weighted by molar-refractivity contribution is 0.259. The summed E-state index contributed by atoms with van der Waals surface area (Å²) in [7, 11) is 1.80. The number of anilines is 1. The van der Waals surface area contributed by atoms with E-state index in [0.717, 1.165) is 5.69 Å². The molecule has 1 atom stereocenters. The SMILES string of the molecule is CN1NC(C(C)(C)C)C(=NNc2snc(C(C)(C)C)c2C#N)C1=N. The minimum Gasteiger partial charge on any atom is -0.293 e. The molecule has 7 nitrogen and oxygen atoms in total. The van der Waals surface area contributed by atoms with Crippen molar-refractivity contribution >= 4 is 28.1 Å². The predicted octanol–water partition coefficient (Wildman–Crippen LogP) is 2.92. The summed E-state index contributed by atoms with van der Waals surface area (Å²) >= 11 is 1.23. The Morgan fingerprint density at radius 3 is 2.46 bits per heavy atom. The second-order valence-electron chi connectivity index (χ2n) is 8.04. The van der Waals surface area contributed by atoms with Crippen molar-refractivity contribution in [1.82, 2.24) is 14.8 Å². The van der Waals surface area contributed by atoms with Gasteiger partial charge in [-0.15, -0.1) is 0 Å². The van der Waals surface area contributed by atoms with Crippen molar-refractivity contribution in [2.24, 2.45) is 10.5 Å². The number of hydrogen-bond donors (Lipinski definition) is 3. The van der Waals surface area contributed by atoms with Gasteiger partial charge >= 0.3 is 0 Å². The van der Waals surface area contributed by atoms with E-state index in [9.17, 15) is 5.26 Å². The average Bonchev–Trinajstić information content (AvgIpc) is 2.98. The molecule has 2 rings (SSSR count). The number of amidine groups is 1. The third-order valence-electron chi connectivity index (χ3n) is 3.83.